The van der Waals surface area contributed by atoms with Crippen molar-refractivity contribution < 1.29 is 5.11 Å². The molecule has 0 aromatic carbocycles. The molecule has 13 heavy (non-hydrogen) atoms. The molecule has 4 heteroatoms. The molecule has 0 spiro atoms. The summed E-state index contributed by atoms with van der Waals surface area (Å²) in [5.41, 5.74) is 0.0867. The van der Waals surface area contributed by atoms with Crippen LogP contribution in [0.5, 0.6) is 0 Å². The summed E-state index contributed by atoms with van der Waals surface area (Å²) in [6.07, 6.45) is 2.36. The molecule has 1 saturated carbocycles. The van der Waals surface area contributed by atoms with Crippen LogP contribution < -0.4 is 0 Å². The smallest absolute Gasteiger partial charge is 0.128 e. The second-order valence-corrected chi connectivity index (χ2v) is 4.90. The van der Waals surface area contributed by atoms with Gasteiger partial charge in [0.1, 0.15) is 10.2 Å². The second kappa shape index (κ2) is 2.82. The van der Waals surface area contributed by atoms with Gasteiger partial charge in [0.2, 0.25) is 0 Å². The van der Waals surface area contributed by atoms with Gasteiger partial charge in [0, 0.05) is 0 Å². The van der Waals surface area contributed by atoms with Crippen LogP contribution in [-0.4, -0.2) is 14.9 Å². The zero-order chi connectivity index (χ0) is 9.64. The number of hydrogen-bond acceptors (Lipinski definition) is 2. The minimum atomic E-state index is -0.804. The van der Waals surface area contributed by atoms with Crippen LogP contribution in [0.1, 0.15) is 38.4 Å². The molecule has 1 heterocycles. The molecular weight excluding hydrogens is 232 g/mol. The summed E-state index contributed by atoms with van der Waals surface area (Å²) in [7, 11) is 0. The molecule has 1 aliphatic rings. The van der Waals surface area contributed by atoms with E-state index in [0.29, 0.717) is 6.04 Å². The van der Waals surface area contributed by atoms with E-state index in [1.807, 2.05) is 10.7 Å². The minimum Gasteiger partial charge on any atom is -0.384 e. The zero-order valence-corrected chi connectivity index (χ0v) is 9.37. The lowest BCUT2D eigenvalue weighted by molar-refractivity contribution is 0.0682. The average molecular weight is 245 g/mol. The van der Waals surface area contributed by atoms with E-state index in [1.54, 1.807) is 13.8 Å². The minimum absolute atomic E-state index is 0.507. The summed E-state index contributed by atoms with van der Waals surface area (Å²) in [5.74, 6) is 0. The van der Waals surface area contributed by atoms with Crippen molar-refractivity contribution in [1.82, 2.24) is 9.78 Å². The number of aromatic nitrogens is 2. The molecule has 72 valence electrons. The van der Waals surface area contributed by atoms with Crippen molar-refractivity contribution in [2.45, 2.75) is 38.3 Å². The molecule has 0 amide bonds. The lowest BCUT2D eigenvalue weighted by Crippen LogP contribution is -2.20. The van der Waals surface area contributed by atoms with Gasteiger partial charge in [0.15, 0.2) is 0 Å². The number of nitrogens with zero attached hydrogens (tertiary/aromatic N) is 2. The first-order chi connectivity index (χ1) is 5.98. The molecule has 1 N–H and O–H groups in total. The number of hydrogen-bond donors (Lipinski definition) is 1. The second-order valence-electron chi connectivity index (χ2n) is 4.09. The predicted molar refractivity (Wildman–Crippen MR) is 53.4 cm³/mol. The van der Waals surface area contributed by atoms with Crippen LogP contribution >= 0.6 is 15.9 Å². The van der Waals surface area contributed by atoms with Gasteiger partial charge in [0.05, 0.1) is 11.7 Å². The van der Waals surface area contributed by atoms with Gasteiger partial charge in [-0.3, -0.25) is 4.68 Å². The Bertz CT molecular complexity index is 323. The van der Waals surface area contributed by atoms with Crippen LogP contribution in [0.15, 0.2) is 10.7 Å². The van der Waals surface area contributed by atoms with E-state index in [0.717, 1.165) is 10.3 Å². The van der Waals surface area contributed by atoms with E-state index < -0.39 is 5.60 Å². The maximum atomic E-state index is 9.88. The maximum absolute atomic E-state index is 9.88. The van der Waals surface area contributed by atoms with Crippen molar-refractivity contribution in [3.8, 4) is 0 Å². The molecule has 1 aromatic rings. The summed E-state index contributed by atoms with van der Waals surface area (Å²) in [4.78, 5) is 0. The van der Waals surface area contributed by atoms with Gasteiger partial charge in [-0.15, -0.1) is 0 Å². The molecule has 0 saturated heterocycles. The fraction of sp³-hybridized carbons (Fsp3) is 0.667. The lowest BCUT2D eigenvalue weighted by Gasteiger charge is -2.18. The van der Waals surface area contributed by atoms with Gasteiger partial charge in [0.25, 0.3) is 0 Å². The Hall–Kier alpha value is -0.350. The van der Waals surface area contributed by atoms with Gasteiger partial charge >= 0.3 is 0 Å². The maximum Gasteiger partial charge on any atom is 0.128 e. The van der Waals surface area contributed by atoms with Gasteiger partial charge in [-0.2, -0.15) is 5.10 Å². The number of aliphatic hydroxyl groups is 1. The third-order valence-corrected chi connectivity index (χ3v) is 2.61. The SMILES string of the molecule is CC(C)(O)c1cc(Br)nn1C1CC1. The van der Waals surface area contributed by atoms with Crippen LogP contribution in [0.4, 0.5) is 0 Å². The van der Waals surface area contributed by atoms with Gasteiger partial charge in [-0.25, -0.2) is 0 Å². The summed E-state index contributed by atoms with van der Waals surface area (Å²) >= 11 is 3.33. The monoisotopic (exact) mass is 244 g/mol. The molecule has 3 nitrogen and oxygen atoms in total. The molecule has 1 aliphatic carbocycles. The molecule has 0 radical (unpaired) electrons. The van der Waals surface area contributed by atoms with E-state index in [4.69, 9.17) is 0 Å². The van der Waals surface area contributed by atoms with Crippen molar-refractivity contribution >= 4 is 15.9 Å². The van der Waals surface area contributed by atoms with Crippen molar-refractivity contribution in [1.29, 1.82) is 0 Å². The van der Waals surface area contributed by atoms with E-state index >= 15 is 0 Å². The molecule has 1 fully saturated rings. The highest BCUT2D eigenvalue weighted by Gasteiger charge is 2.31. The Morgan fingerprint density at radius 3 is 2.69 bits per heavy atom. The van der Waals surface area contributed by atoms with E-state index in [2.05, 4.69) is 21.0 Å². The molecular formula is C9H13BrN2O. The lowest BCUT2D eigenvalue weighted by atomic mass is 10.1. The topological polar surface area (TPSA) is 38.1 Å². The Morgan fingerprint density at radius 1 is 1.62 bits per heavy atom. The van der Waals surface area contributed by atoms with Crippen molar-refractivity contribution in [2.24, 2.45) is 0 Å². The third-order valence-electron chi connectivity index (χ3n) is 2.23. The molecule has 0 unspecified atom stereocenters. The first-order valence-corrected chi connectivity index (χ1v) is 5.25. The normalized spacial score (nSPS) is 17.8. The fourth-order valence-electron chi connectivity index (χ4n) is 1.42. The zero-order valence-electron chi connectivity index (χ0n) is 7.79. The van der Waals surface area contributed by atoms with Gasteiger partial charge in [-0.1, -0.05) is 0 Å². The summed E-state index contributed by atoms with van der Waals surface area (Å²) < 4.78 is 2.74. The number of rotatable bonds is 2. The highest BCUT2D eigenvalue weighted by Crippen LogP contribution is 2.38. The number of halogens is 1. The first kappa shape index (κ1) is 9.21. The molecule has 0 bridgehead atoms. The Balaban J connectivity index is 2.42. The summed E-state index contributed by atoms with van der Waals surface area (Å²) in [5, 5.41) is 14.2. The van der Waals surface area contributed by atoms with Crippen LogP contribution in [0.2, 0.25) is 0 Å². The largest absolute Gasteiger partial charge is 0.384 e. The van der Waals surface area contributed by atoms with Gasteiger partial charge < -0.3 is 5.11 Å². The standard InChI is InChI=1S/C9H13BrN2O/c1-9(2,13)7-5-8(10)11-12(7)6-3-4-6/h5-6,13H,3-4H2,1-2H3. The summed E-state index contributed by atoms with van der Waals surface area (Å²) in [6.45, 7) is 3.57. The first-order valence-electron chi connectivity index (χ1n) is 4.46. The van der Waals surface area contributed by atoms with E-state index in [1.165, 1.54) is 12.8 Å². The highest BCUT2D eigenvalue weighted by molar-refractivity contribution is 9.10. The highest BCUT2D eigenvalue weighted by atomic mass is 79.9. The predicted octanol–water partition coefficient (Wildman–Crippen LogP) is 2.21. The Kier molecular flexibility index (Phi) is 2.00. The van der Waals surface area contributed by atoms with Crippen LogP contribution in [0.3, 0.4) is 0 Å². The van der Waals surface area contributed by atoms with Crippen LogP contribution in [0, 0.1) is 0 Å². The Labute approximate surface area is 85.9 Å². The molecule has 0 aliphatic heterocycles. The van der Waals surface area contributed by atoms with Crippen molar-refractivity contribution in [3.63, 3.8) is 0 Å². The van der Waals surface area contributed by atoms with Crippen LogP contribution in [0.25, 0.3) is 0 Å². The summed E-state index contributed by atoms with van der Waals surface area (Å²) in [6, 6.07) is 2.39. The van der Waals surface area contributed by atoms with Crippen LogP contribution in [-0.2, 0) is 5.60 Å². The average Bonchev–Trinajstić information content (AvgIpc) is 2.73. The molecule has 0 atom stereocenters. The molecule has 2 rings (SSSR count). The van der Waals surface area contributed by atoms with E-state index in [9.17, 15) is 5.11 Å². The van der Waals surface area contributed by atoms with E-state index in [-0.39, 0.29) is 0 Å². The van der Waals surface area contributed by atoms with Crippen molar-refractivity contribution in [3.05, 3.63) is 16.4 Å². The van der Waals surface area contributed by atoms with Crippen molar-refractivity contribution in [2.75, 3.05) is 0 Å². The van der Waals surface area contributed by atoms with Gasteiger partial charge in [-0.05, 0) is 48.7 Å². The fourth-order valence-corrected chi connectivity index (χ4v) is 1.81. The Morgan fingerprint density at radius 2 is 2.23 bits per heavy atom. The quantitative estimate of drug-likeness (QED) is 0.867. The molecule has 1 aromatic heterocycles. The third kappa shape index (κ3) is 1.79.